The summed E-state index contributed by atoms with van der Waals surface area (Å²) in [6.45, 7) is 4.47. The van der Waals surface area contributed by atoms with Gasteiger partial charge in [-0.05, 0) is 66.9 Å². The zero-order chi connectivity index (χ0) is 17.2. The van der Waals surface area contributed by atoms with Crippen molar-refractivity contribution < 1.29 is 9.47 Å². The predicted octanol–water partition coefficient (Wildman–Crippen LogP) is 5.95. The van der Waals surface area contributed by atoms with Gasteiger partial charge in [-0.25, -0.2) is 0 Å². The van der Waals surface area contributed by atoms with Gasteiger partial charge in [0.15, 0.2) is 0 Å². The summed E-state index contributed by atoms with van der Waals surface area (Å²) < 4.78 is 11.4. The number of ether oxygens (including phenoxy) is 2. The van der Waals surface area contributed by atoms with Crippen LogP contribution >= 0.6 is 0 Å². The molecular weight excluding hydrogens is 308 g/mol. The molecule has 2 heteroatoms. The Morgan fingerprint density at radius 2 is 1.64 bits per heavy atom. The first-order valence-corrected chi connectivity index (χ1v) is 10.6. The second-order valence-electron chi connectivity index (χ2n) is 8.79. The molecule has 1 aliphatic heterocycles. The third-order valence-electron chi connectivity index (χ3n) is 7.42. The highest BCUT2D eigenvalue weighted by Crippen LogP contribution is 2.59. The van der Waals surface area contributed by atoms with Crippen molar-refractivity contribution in [2.24, 2.45) is 5.41 Å². The lowest BCUT2D eigenvalue weighted by Crippen LogP contribution is -2.44. The Labute approximate surface area is 153 Å². The van der Waals surface area contributed by atoms with Crippen LogP contribution in [0.1, 0.15) is 88.4 Å². The molecule has 2 nitrogen and oxygen atoms in total. The van der Waals surface area contributed by atoms with Crippen LogP contribution in [0.3, 0.4) is 0 Å². The van der Waals surface area contributed by atoms with Crippen LogP contribution in [0, 0.1) is 5.41 Å². The molecule has 4 fully saturated rings. The fraction of sp³-hybridized carbons (Fsp3) is 0.739. The van der Waals surface area contributed by atoms with Crippen LogP contribution in [0.4, 0.5) is 0 Å². The number of rotatable bonds is 6. The fourth-order valence-corrected chi connectivity index (χ4v) is 5.55. The molecule has 0 N–H and O–H groups in total. The van der Waals surface area contributed by atoms with Gasteiger partial charge >= 0.3 is 0 Å². The average Bonchev–Trinajstić information content (AvgIpc) is 2.70. The standard InChI is InChI=1S/C23H34O2/c1-2-3-4-9-22-10-13-23(14-11-22,15-12-22)20-7-5-19(6-8-20)21-18-24-16-17-25-21/h5-8,21H,2-4,9-18H2,1H3. The van der Waals surface area contributed by atoms with Gasteiger partial charge in [0.25, 0.3) is 0 Å². The molecule has 138 valence electrons. The quantitative estimate of drug-likeness (QED) is 0.595. The summed E-state index contributed by atoms with van der Waals surface area (Å²) in [5, 5.41) is 0. The van der Waals surface area contributed by atoms with Crippen LogP contribution in [-0.2, 0) is 14.9 Å². The highest BCUT2D eigenvalue weighted by Gasteiger charge is 2.48. The van der Waals surface area contributed by atoms with Crippen molar-refractivity contribution >= 4 is 0 Å². The van der Waals surface area contributed by atoms with E-state index in [2.05, 4.69) is 31.2 Å². The molecule has 1 heterocycles. The lowest BCUT2D eigenvalue weighted by molar-refractivity contribution is -0.0901. The van der Waals surface area contributed by atoms with Gasteiger partial charge in [-0.3, -0.25) is 0 Å². The lowest BCUT2D eigenvalue weighted by atomic mass is 9.51. The minimum Gasteiger partial charge on any atom is -0.376 e. The van der Waals surface area contributed by atoms with E-state index in [0.717, 1.165) is 13.2 Å². The van der Waals surface area contributed by atoms with E-state index >= 15 is 0 Å². The van der Waals surface area contributed by atoms with Gasteiger partial charge in [-0.15, -0.1) is 0 Å². The van der Waals surface area contributed by atoms with Crippen LogP contribution in [-0.4, -0.2) is 19.8 Å². The summed E-state index contributed by atoms with van der Waals surface area (Å²) in [7, 11) is 0. The van der Waals surface area contributed by atoms with Gasteiger partial charge in [-0.1, -0.05) is 50.5 Å². The zero-order valence-corrected chi connectivity index (χ0v) is 15.9. The van der Waals surface area contributed by atoms with E-state index in [4.69, 9.17) is 9.47 Å². The Morgan fingerprint density at radius 1 is 0.920 bits per heavy atom. The lowest BCUT2D eigenvalue weighted by Gasteiger charge is -2.54. The minimum atomic E-state index is 0.129. The van der Waals surface area contributed by atoms with Crippen LogP contribution in [0.5, 0.6) is 0 Å². The summed E-state index contributed by atoms with van der Waals surface area (Å²) in [5.41, 5.74) is 4.02. The first-order chi connectivity index (χ1) is 12.3. The summed E-state index contributed by atoms with van der Waals surface area (Å²) >= 11 is 0. The molecule has 0 radical (unpaired) electrons. The van der Waals surface area contributed by atoms with Crippen LogP contribution < -0.4 is 0 Å². The summed E-state index contributed by atoms with van der Waals surface area (Å²) in [4.78, 5) is 0. The Morgan fingerprint density at radius 3 is 2.24 bits per heavy atom. The molecule has 1 unspecified atom stereocenters. The molecule has 1 aromatic carbocycles. The van der Waals surface area contributed by atoms with Gasteiger partial charge in [0, 0.05) is 0 Å². The Hall–Kier alpha value is -0.860. The number of benzene rings is 1. The van der Waals surface area contributed by atoms with E-state index in [1.165, 1.54) is 69.8 Å². The second kappa shape index (κ2) is 7.40. The van der Waals surface area contributed by atoms with Crippen molar-refractivity contribution in [1.29, 1.82) is 0 Å². The predicted molar refractivity (Wildman–Crippen MR) is 102 cm³/mol. The summed E-state index contributed by atoms with van der Waals surface area (Å²) in [6.07, 6.45) is 14.4. The SMILES string of the molecule is CCCCCC12CCC(c3ccc(C4COCCO4)cc3)(CC1)CC2. The first kappa shape index (κ1) is 17.5. The van der Waals surface area contributed by atoms with Gasteiger partial charge in [-0.2, -0.15) is 0 Å². The van der Waals surface area contributed by atoms with Crippen molar-refractivity contribution in [3.05, 3.63) is 35.4 Å². The first-order valence-electron chi connectivity index (χ1n) is 10.6. The van der Waals surface area contributed by atoms with E-state index < -0.39 is 0 Å². The van der Waals surface area contributed by atoms with Gasteiger partial charge < -0.3 is 9.47 Å². The van der Waals surface area contributed by atoms with Crippen molar-refractivity contribution in [2.75, 3.05) is 19.8 Å². The molecule has 5 rings (SSSR count). The molecule has 25 heavy (non-hydrogen) atoms. The molecule has 4 aliphatic rings. The summed E-state index contributed by atoms with van der Waals surface area (Å²) in [6, 6.07) is 9.37. The Balaban J connectivity index is 1.41. The maximum Gasteiger partial charge on any atom is 0.106 e. The smallest absolute Gasteiger partial charge is 0.106 e. The Bertz CT molecular complexity index is 531. The molecule has 2 bridgehead atoms. The third kappa shape index (κ3) is 3.53. The zero-order valence-electron chi connectivity index (χ0n) is 15.9. The fourth-order valence-electron chi connectivity index (χ4n) is 5.55. The normalized spacial score (nSPS) is 35.0. The van der Waals surface area contributed by atoms with E-state index in [1.807, 2.05) is 0 Å². The number of hydrogen-bond acceptors (Lipinski definition) is 2. The van der Waals surface area contributed by atoms with Gasteiger partial charge in [0.2, 0.25) is 0 Å². The third-order valence-corrected chi connectivity index (χ3v) is 7.42. The molecule has 0 amide bonds. The van der Waals surface area contributed by atoms with E-state index in [9.17, 15) is 0 Å². The van der Waals surface area contributed by atoms with Gasteiger partial charge in [0.1, 0.15) is 6.10 Å². The van der Waals surface area contributed by atoms with E-state index in [1.54, 1.807) is 5.56 Å². The molecule has 1 atom stereocenters. The van der Waals surface area contributed by atoms with Crippen molar-refractivity contribution in [3.8, 4) is 0 Å². The van der Waals surface area contributed by atoms with Crippen LogP contribution in [0.15, 0.2) is 24.3 Å². The molecule has 1 aromatic rings. The maximum absolute atomic E-state index is 5.84. The van der Waals surface area contributed by atoms with Gasteiger partial charge in [0.05, 0.1) is 19.8 Å². The van der Waals surface area contributed by atoms with E-state index in [-0.39, 0.29) is 6.10 Å². The molecule has 1 saturated heterocycles. The van der Waals surface area contributed by atoms with E-state index in [0.29, 0.717) is 17.4 Å². The number of hydrogen-bond donors (Lipinski definition) is 0. The number of unbranched alkanes of at least 4 members (excludes halogenated alkanes) is 2. The topological polar surface area (TPSA) is 18.5 Å². The van der Waals surface area contributed by atoms with Crippen LogP contribution in [0.25, 0.3) is 0 Å². The summed E-state index contributed by atoms with van der Waals surface area (Å²) in [5.74, 6) is 0. The van der Waals surface area contributed by atoms with Crippen molar-refractivity contribution in [2.45, 2.75) is 82.7 Å². The van der Waals surface area contributed by atoms with Crippen molar-refractivity contribution in [3.63, 3.8) is 0 Å². The van der Waals surface area contributed by atoms with Crippen LogP contribution in [0.2, 0.25) is 0 Å². The van der Waals surface area contributed by atoms with Crippen molar-refractivity contribution in [1.82, 2.24) is 0 Å². The minimum absolute atomic E-state index is 0.129. The molecular formula is C23H34O2. The molecule has 3 saturated carbocycles. The highest BCUT2D eigenvalue weighted by molar-refractivity contribution is 5.32. The highest BCUT2D eigenvalue weighted by atomic mass is 16.6. The largest absolute Gasteiger partial charge is 0.376 e. The monoisotopic (exact) mass is 342 g/mol. The maximum atomic E-state index is 5.84. The molecule has 0 spiro atoms. The molecule has 0 aromatic heterocycles. The average molecular weight is 343 g/mol. The number of fused-ring (bicyclic) bond motifs is 3. The second-order valence-corrected chi connectivity index (χ2v) is 8.79. The molecule has 3 aliphatic carbocycles. The Kier molecular flexibility index (Phi) is 5.20.